The zero-order valence-corrected chi connectivity index (χ0v) is 8.30. The van der Waals surface area contributed by atoms with Crippen LogP contribution in [0.3, 0.4) is 0 Å². The van der Waals surface area contributed by atoms with E-state index in [0.717, 1.165) is 12.8 Å². The molecule has 1 nitrogen and oxygen atoms in total. The van der Waals surface area contributed by atoms with Gasteiger partial charge in [-0.3, -0.25) is 0 Å². The predicted molar refractivity (Wildman–Crippen MR) is 59.3 cm³/mol. The lowest BCUT2D eigenvalue weighted by atomic mass is 9.98. The number of aromatic nitrogens is 1. The lowest BCUT2D eigenvalue weighted by molar-refractivity contribution is 1.14. The molecule has 0 spiro atoms. The van der Waals surface area contributed by atoms with Gasteiger partial charge in [-0.25, -0.2) is 0 Å². The lowest BCUT2D eigenvalue weighted by Crippen LogP contribution is -2.15. The summed E-state index contributed by atoms with van der Waals surface area (Å²) in [5.74, 6) is 0. The average molecular weight is 183 g/mol. The first-order valence-corrected chi connectivity index (χ1v) is 5.10. The van der Waals surface area contributed by atoms with E-state index in [0.29, 0.717) is 0 Å². The van der Waals surface area contributed by atoms with Crippen LogP contribution in [0.1, 0.15) is 18.1 Å². The van der Waals surface area contributed by atoms with Crippen LogP contribution in [0.5, 0.6) is 0 Å². The highest BCUT2D eigenvalue weighted by atomic mass is 14.7. The second-order valence-corrected chi connectivity index (χ2v) is 3.96. The van der Waals surface area contributed by atoms with Crippen LogP contribution in [0.15, 0.2) is 24.3 Å². The minimum absolute atomic E-state index is 1.08. The van der Waals surface area contributed by atoms with E-state index in [4.69, 9.17) is 0 Å². The molecule has 0 amide bonds. The third-order valence-electron chi connectivity index (χ3n) is 3.06. The molecule has 70 valence electrons. The molecule has 0 aliphatic heterocycles. The van der Waals surface area contributed by atoms with Gasteiger partial charge in [-0.2, -0.15) is 0 Å². The third-order valence-corrected chi connectivity index (χ3v) is 3.06. The van der Waals surface area contributed by atoms with E-state index in [1.54, 1.807) is 0 Å². The van der Waals surface area contributed by atoms with E-state index in [1.807, 2.05) is 0 Å². The Balaban J connectivity index is 2.43. The van der Waals surface area contributed by atoms with Gasteiger partial charge in [-0.05, 0) is 42.5 Å². The van der Waals surface area contributed by atoms with E-state index in [9.17, 15) is 0 Å². The van der Waals surface area contributed by atoms with Crippen LogP contribution in [0.4, 0.5) is 0 Å². The van der Waals surface area contributed by atoms with Crippen LogP contribution in [0.2, 0.25) is 0 Å². The second-order valence-electron chi connectivity index (χ2n) is 3.96. The first-order chi connectivity index (χ1) is 6.86. The van der Waals surface area contributed by atoms with Crippen LogP contribution >= 0.6 is 0 Å². The molecule has 0 saturated carbocycles. The average Bonchev–Trinajstić information content (AvgIpc) is 2.59. The van der Waals surface area contributed by atoms with E-state index >= 15 is 0 Å². The van der Waals surface area contributed by atoms with Crippen molar-refractivity contribution in [2.45, 2.75) is 19.8 Å². The van der Waals surface area contributed by atoms with Crippen molar-refractivity contribution in [3.63, 3.8) is 0 Å². The summed E-state index contributed by atoms with van der Waals surface area (Å²) in [4.78, 5) is 3.51. The van der Waals surface area contributed by atoms with E-state index in [1.165, 1.54) is 27.4 Å². The molecule has 0 radical (unpaired) electrons. The van der Waals surface area contributed by atoms with E-state index in [2.05, 4.69) is 42.3 Å². The van der Waals surface area contributed by atoms with Gasteiger partial charge in [0.25, 0.3) is 0 Å². The predicted octanol–water partition coefficient (Wildman–Crippen LogP) is 1.19. The topological polar surface area (TPSA) is 15.8 Å². The van der Waals surface area contributed by atoms with Crippen molar-refractivity contribution in [1.82, 2.24) is 4.98 Å². The Morgan fingerprint density at radius 1 is 1.14 bits per heavy atom. The molecule has 0 atom stereocenters. The minimum atomic E-state index is 1.08. The van der Waals surface area contributed by atoms with Crippen molar-refractivity contribution in [3.8, 4) is 0 Å². The maximum Gasteiger partial charge on any atom is 0.0453 e. The van der Waals surface area contributed by atoms with E-state index in [-0.39, 0.29) is 0 Å². The van der Waals surface area contributed by atoms with Crippen LogP contribution < -0.4 is 10.7 Å². The highest BCUT2D eigenvalue weighted by Crippen LogP contribution is 2.11. The fourth-order valence-corrected chi connectivity index (χ4v) is 2.32. The summed E-state index contributed by atoms with van der Waals surface area (Å²) in [6.07, 6.45) is 13.2. The standard InChI is InChI=1S/C13H13N/c1-9-5-4-7-11-10-6-2-3-8-12(10)14-13(9)11/h2-5,8,14H,6-7H2,1H3. The number of nitrogens with one attached hydrogen (secondary N) is 1. The fourth-order valence-electron chi connectivity index (χ4n) is 2.32. The summed E-state index contributed by atoms with van der Waals surface area (Å²) in [6.45, 7) is 2.17. The van der Waals surface area contributed by atoms with Crippen molar-refractivity contribution in [2.24, 2.45) is 0 Å². The summed E-state index contributed by atoms with van der Waals surface area (Å²) in [5, 5.41) is 2.65. The molecule has 1 heterocycles. The molecule has 0 bridgehead atoms. The van der Waals surface area contributed by atoms with Gasteiger partial charge >= 0.3 is 0 Å². The number of allylic oxidation sites excluding steroid dienone is 4. The van der Waals surface area contributed by atoms with Crippen LogP contribution in [-0.4, -0.2) is 4.98 Å². The normalized spacial score (nSPS) is 17.6. The molecule has 0 fully saturated rings. The molecular weight excluding hydrogens is 170 g/mol. The Hall–Kier alpha value is -1.50. The Bertz CT molecular complexity index is 553. The van der Waals surface area contributed by atoms with Gasteiger partial charge < -0.3 is 4.98 Å². The molecule has 14 heavy (non-hydrogen) atoms. The lowest BCUT2D eigenvalue weighted by Gasteiger charge is -2.05. The zero-order valence-electron chi connectivity index (χ0n) is 8.30. The number of hydrogen-bond acceptors (Lipinski definition) is 0. The van der Waals surface area contributed by atoms with Gasteiger partial charge in [-0.15, -0.1) is 0 Å². The number of hydrogen-bond donors (Lipinski definition) is 1. The summed E-state index contributed by atoms with van der Waals surface area (Å²) in [7, 11) is 0. The third kappa shape index (κ3) is 0.955. The maximum atomic E-state index is 3.51. The van der Waals surface area contributed by atoms with Crippen LogP contribution in [-0.2, 0) is 12.8 Å². The largest absolute Gasteiger partial charge is 0.355 e. The van der Waals surface area contributed by atoms with Crippen molar-refractivity contribution < 1.29 is 0 Å². The molecule has 0 unspecified atom stereocenters. The number of fused-ring (bicyclic) bond motifs is 3. The van der Waals surface area contributed by atoms with Crippen molar-refractivity contribution >= 4 is 11.6 Å². The Morgan fingerprint density at radius 2 is 2.00 bits per heavy atom. The monoisotopic (exact) mass is 183 g/mol. The number of aromatic amines is 1. The SMILES string of the molecule is CC1=c2[nH]c3c(c2CC=C1)CC=CC=3. The van der Waals surface area contributed by atoms with Gasteiger partial charge in [0.15, 0.2) is 0 Å². The minimum Gasteiger partial charge on any atom is -0.355 e. The molecule has 3 rings (SSSR count). The molecule has 2 aliphatic rings. The Morgan fingerprint density at radius 3 is 2.93 bits per heavy atom. The molecule has 0 aromatic carbocycles. The highest BCUT2D eigenvalue weighted by Gasteiger charge is 2.11. The Kier molecular flexibility index (Phi) is 1.54. The van der Waals surface area contributed by atoms with Gasteiger partial charge in [0.1, 0.15) is 0 Å². The molecule has 0 saturated heterocycles. The quantitative estimate of drug-likeness (QED) is 0.622. The second kappa shape index (κ2) is 2.74. The molecule has 1 N–H and O–H groups in total. The summed E-state index contributed by atoms with van der Waals surface area (Å²) < 4.78 is 0. The molecule has 1 aromatic rings. The first-order valence-electron chi connectivity index (χ1n) is 5.10. The molecule has 1 aromatic heterocycles. The van der Waals surface area contributed by atoms with Crippen LogP contribution in [0.25, 0.3) is 11.6 Å². The summed E-state index contributed by atoms with van der Waals surface area (Å²) in [5.41, 5.74) is 4.35. The van der Waals surface area contributed by atoms with Crippen molar-refractivity contribution in [3.05, 3.63) is 46.1 Å². The van der Waals surface area contributed by atoms with Crippen molar-refractivity contribution in [1.29, 1.82) is 0 Å². The first kappa shape index (κ1) is 7.86. The van der Waals surface area contributed by atoms with Crippen molar-refractivity contribution in [2.75, 3.05) is 0 Å². The highest BCUT2D eigenvalue weighted by molar-refractivity contribution is 5.59. The van der Waals surface area contributed by atoms with Crippen LogP contribution in [0, 0.1) is 0 Å². The molecule has 1 heteroatoms. The van der Waals surface area contributed by atoms with Gasteiger partial charge in [0.2, 0.25) is 0 Å². The maximum absolute atomic E-state index is 3.51. The molecular formula is C13H13N. The number of H-pyrrole nitrogens is 1. The molecule has 2 aliphatic carbocycles. The summed E-state index contributed by atoms with van der Waals surface area (Å²) >= 11 is 0. The van der Waals surface area contributed by atoms with Gasteiger partial charge in [-0.1, -0.05) is 24.3 Å². The summed E-state index contributed by atoms with van der Waals surface area (Å²) in [6, 6.07) is 0. The fraction of sp³-hybridized carbons (Fsp3) is 0.231. The Labute approximate surface area is 83.2 Å². The van der Waals surface area contributed by atoms with Gasteiger partial charge in [0.05, 0.1) is 0 Å². The van der Waals surface area contributed by atoms with Gasteiger partial charge in [0, 0.05) is 10.7 Å². The zero-order chi connectivity index (χ0) is 9.54. The smallest absolute Gasteiger partial charge is 0.0453 e. The number of rotatable bonds is 0. The van der Waals surface area contributed by atoms with E-state index < -0.39 is 0 Å².